The Balaban J connectivity index is 1.89. The summed E-state index contributed by atoms with van der Waals surface area (Å²) in [6.07, 6.45) is -4.70. The van der Waals surface area contributed by atoms with Gasteiger partial charge in [0, 0.05) is 29.2 Å². The van der Waals surface area contributed by atoms with E-state index in [4.69, 9.17) is 24.7 Å². The molecule has 0 spiro atoms. The molecule has 12 nitrogen and oxygen atoms in total. The fraction of sp³-hybridized carbons (Fsp3) is 0.423. The number of ether oxygens (including phenoxy) is 4. The maximum atomic E-state index is 13.6. The van der Waals surface area contributed by atoms with Crippen LogP contribution < -0.4 is 10.5 Å². The van der Waals surface area contributed by atoms with Crippen molar-refractivity contribution in [2.75, 3.05) is 14.2 Å². The van der Waals surface area contributed by atoms with Gasteiger partial charge >= 0.3 is 5.97 Å². The van der Waals surface area contributed by atoms with Crippen LogP contribution in [-0.4, -0.2) is 76.7 Å². The van der Waals surface area contributed by atoms with Crippen molar-refractivity contribution in [3.05, 3.63) is 51.6 Å². The van der Waals surface area contributed by atoms with E-state index in [-0.39, 0.29) is 34.4 Å². The quantitative estimate of drug-likeness (QED) is 0.213. The van der Waals surface area contributed by atoms with Crippen molar-refractivity contribution in [2.24, 2.45) is 5.73 Å². The Bertz CT molecular complexity index is 1280. The Kier molecular flexibility index (Phi) is 7.72. The number of hydrogen-bond donors (Lipinski definition) is 5. The molecule has 2 aromatic carbocycles. The van der Waals surface area contributed by atoms with E-state index in [1.807, 2.05) is 0 Å². The van der Waals surface area contributed by atoms with Crippen molar-refractivity contribution in [1.29, 1.82) is 0 Å². The van der Waals surface area contributed by atoms with Crippen molar-refractivity contribution in [3.63, 3.8) is 0 Å². The predicted molar refractivity (Wildman–Crippen MR) is 129 cm³/mol. The second kappa shape index (κ2) is 10.7. The van der Waals surface area contributed by atoms with Crippen LogP contribution in [0.5, 0.6) is 17.2 Å². The molecule has 0 aromatic heterocycles. The van der Waals surface area contributed by atoms with Gasteiger partial charge in [-0.3, -0.25) is 14.4 Å². The molecule has 0 bridgehead atoms. The van der Waals surface area contributed by atoms with Gasteiger partial charge < -0.3 is 45.1 Å². The lowest BCUT2D eigenvalue weighted by molar-refractivity contribution is -0.241. The van der Waals surface area contributed by atoms with Crippen molar-refractivity contribution in [2.45, 2.75) is 57.0 Å². The number of rotatable bonds is 7. The lowest BCUT2D eigenvalue weighted by Gasteiger charge is -2.38. The molecular formula is C26H29NO11. The molecule has 4 rings (SSSR count). The zero-order valence-electron chi connectivity index (χ0n) is 21.0. The Hall–Kier alpha value is -3.55. The van der Waals surface area contributed by atoms with Gasteiger partial charge in [-0.05, 0) is 13.0 Å². The average molecular weight is 532 g/mol. The number of phenols is 2. The topological polar surface area (TPSA) is 195 Å². The van der Waals surface area contributed by atoms with Gasteiger partial charge in [-0.15, -0.1) is 0 Å². The van der Waals surface area contributed by atoms with Gasteiger partial charge in [0.1, 0.15) is 23.4 Å². The summed E-state index contributed by atoms with van der Waals surface area (Å²) in [6.45, 7) is 0.696. The van der Waals surface area contributed by atoms with Crippen LogP contribution in [0.1, 0.15) is 68.8 Å². The van der Waals surface area contributed by atoms with Crippen molar-refractivity contribution in [1.82, 2.24) is 0 Å². The van der Waals surface area contributed by atoms with Gasteiger partial charge in [-0.1, -0.05) is 12.1 Å². The van der Waals surface area contributed by atoms with Crippen LogP contribution >= 0.6 is 0 Å². The number of nitrogens with two attached hydrogens (primary N) is 1. The number of aliphatic hydroxyl groups is 2. The molecule has 2 aromatic rings. The molecule has 0 radical (unpaired) electrons. The smallest absolute Gasteiger partial charge is 0.308 e. The van der Waals surface area contributed by atoms with Gasteiger partial charge in [0.2, 0.25) is 5.78 Å². The number of aromatic hydroxyl groups is 2. The number of carbonyl (C=O) groups excluding carboxylic acids is 3. The largest absolute Gasteiger partial charge is 0.507 e. The molecule has 38 heavy (non-hydrogen) atoms. The molecule has 5 atom stereocenters. The van der Waals surface area contributed by atoms with E-state index in [2.05, 4.69) is 0 Å². The number of fused-ring (bicyclic) bond motifs is 2. The SMILES string of the molecule is COC(=O)CC(OC1CC(N)C(O)C(C)O1)c1c(O)c2c(c(O)c1CO)C(=O)c1cccc(OC)c1C2=O. The van der Waals surface area contributed by atoms with Gasteiger partial charge in [0.25, 0.3) is 0 Å². The monoisotopic (exact) mass is 531 g/mol. The first-order valence-electron chi connectivity index (χ1n) is 11.8. The maximum Gasteiger partial charge on any atom is 0.308 e. The number of benzene rings is 2. The third-order valence-corrected chi connectivity index (χ3v) is 6.89. The highest BCUT2D eigenvalue weighted by molar-refractivity contribution is 6.31. The summed E-state index contributed by atoms with van der Waals surface area (Å²) in [5.41, 5.74) is 4.18. The van der Waals surface area contributed by atoms with Crippen LogP contribution in [0.15, 0.2) is 18.2 Å². The van der Waals surface area contributed by atoms with Crippen molar-refractivity contribution < 1.29 is 53.8 Å². The van der Waals surface area contributed by atoms with Crippen LogP contribution in [0.25, 0.3) is 0 Å². The second-order valence-corrected chi connectivity index (χ2v) is 9.10. The number of ketones is 2. The van der Waals surface area contributed by atoms with E-state index in [9.17, 15) is 34.8 Å². The van der Waals surface area contributed by atoms with Gasteiger partial charge in [0.15, 0.2) is 12.1 Å². The first kappa shape index (κ1) is 27.5. The van der Waals surface area contributed by atoms with E-state index < -0.39 is 83.8 Å². The molecule has 12 heteroatoms. The van der Waals surface area contributed by atoms with E-state index >= 15 is 0 Å². The minimum absolute atomic E-state index is 0.0112. The summed E-state index contributed by atoms with van der Waals surface area (Å²) in [4.78, 5) is 39.3. The molecule has 2 aliphatic rings. The van der Waals surface area contributed by atoms with Crippen LogP contribution in [0, 0.1) is 0 Å². The standard InChI is InChI=1S/C26H29NO11/c1-10-22(30)13(27)7-17(37-10)38-15(8-16(29)36-3)19-12(9-28)24(32)20-21(26(19)34)25(33)18-11(23(20)31)5-4-6-14(18)35-2/h4-6,10,13,15,17,22,28,30,32,34H,7-9,27H2,1-3H3. The minimum Gasteiger partial charge on any atom is -0.507 e. The molecule has 1 saturated heterocycles. The first-order chi connectivity index (χ1) is 18.0. The maximum absolute atomic E-state index is 13.6. The second-order valence-electron chi connectivity index (χ2n) is 9.10. The minimum atomic E-state index is -1.41. The Morgan fingerprint density at radius 2 is 1.82 bits per heavy atom. The van der Waals surface area contributed by atoms with Gasteiger partial charge in [0.05, 0.1) is 56.1 Å². The third kappa shape index (κ3) is 4.50. The molecule has 1 heterocycles. The molecule has 1 fully saturated rings. The lowest BCUT2D eigenvalue weighted by Crippen LogP contribution is -2.51. The predicted octanol–water partition coefficient (Wildman–Crippen LogP) is 0.818. The fourth-order valence-corrected chi connectivity index (χ4v) is 4.94. The molecule has 6 N–H and O–H groups in total. The van der Waals surface area contributed by atoms with Gasteiger partial charge in [-0.2, -0.15) is 0 Å². The van der Waals surface area contributed by atoms with Crippen LogP contribution in [0.2, 0.25) is 0 Å². The molecule has 0 amide bonds. The summed E-state index contributed by atoms with van der Waals surface area (Å²) in [5, 5.41) is 42.8. The summed E-state index contributed by atoms with van der Waals surface area (Å²) < 4.78 is 21.6. The van der Waals surface area contributed by atoms with E-state index in [0.29, 0.717) is 0 Å². The number of methoxy groups -OCH3 is 2. The number of phenolic OH excluding ortho intramolecular Hbond substituents is 1. The molecule has 204 valence electrons. The summed E-state index contributed by atoms with van der Waals surface area (Å²) >= 11 is 0. The molecule has 1 aliphatic heterocycles. The summed E-state index contributed by atoms with van der Waals surface area (Å²) in [6, 6.07) is 3.62. The lowest BCUT2D eigenvalue weighted by atomic mass is 9.79. The number of esters is 1. The molecular weight excluding hydrogens is 502 g/mol. The highest BCUT2D eigenvalue weighted by atomic mass is 16.7. The van der Waals surface area contributed by atoms with E-state index in [1.54, 1.807) is 6.92 Å². The molecule has 0 saturated carbocycles. The van der Waals surface area contributed by atoms with Crippen LogP contribution in [-0.2, 0) is 25.6 Å². The summed E-state index contributed by atoms with van der Waals surface area (Å²) in [5.74, 6) is -3.78. The third-order valence-electron chi connectivity index (χ3n) is 6.89. The van der Waals surface area contributed by atoms with Crippen LogP contribution in [0.3, 0.4) is 0 Å². The van der Waals surface area contributed by atoms with Gasteiger partial charge in [-0.25, -0.2) is 0 Å². The van der Waals surface area contributed by atoms with Crippen LogP contribution in [0.4, 0.5) is 0 Å². The fourth-order valence-electron chi connectivity index (χ4n) is 4.94. The number of aliphatic hydroxyl groups excluding tert-OH is 2. The Labute approximate surface area is 217 Å². The summed E-state index contributed by atoms with van der Waals surface area (Å²) in [7, 11) is 2.45. The van der Waals surface area contributed by atoms with E-state index in [0.717, 1.165) is 7.11 Å². The van der Waals surface area contributed by atoms with E-state index in [1.165, 1.54) is 25.3 Å². The first-order valence-corrected chi connectivity index (χ1v) is 11.8. The normalized spacial score (nSPS) is 23.4. The van der Waals surface area contributed by atoms with Crippen molar-refractivity contribution >= 4 is 17.5 Å². The molecule has 1 aliphatic carbocycles. The van der Waals surface area contributed by atoms with Crippen molar-refractivity contribution in [3.8, 4) is 17.2 Å². The Morgan fingerprint density at radius 1 is 1.13 bits per heavy atom. The Morgan fingerprint density at radius 3 is 2.42 bits per heavy atom. The zero-order valence-corrected chi connectivity index (χ0v) is 21.0. The highest BCUT2D eigenvalue weighted by Gasteiger charge is 2.42. The number of carbonyl (C=O) groups is 3. The number of hydrogen-bond acceptors (Lipinski definition) is 12. The zero-order chi connectivity index (χ0) is 27.9. The average Bonchev–Trinajstić information content (AvgIpc) is 2.90. The molecule has 5 unspecified atom stereocenters. The highest BCUT2D eigenvalue weighted by Crippen LogP contribution is 2.48.